The Labute approximate surface area is 114 Å². The maximum atomic E-state index is 5.88. The van der Waals surface area contributed by atoms with Crippen molar-refractivity contribution in [2.45, 2.75) is 64.2 Å². The minimum Gasteiger partial charge on any atom is -0.373 e. The Hall–Kier alpha value is -0.220. The van der Waals surface area contributed by atoms with Gasteiger partial charge in [0, 0.05) is 12.3 Å². The zero-order chi connectivity index (χ0) is 12.6. The Morgan fingerprint density at radius 2 is 2.22 bits per heavy atom. The maximum absolute atomic E-state index is 5.88. The fourth-order valence-electron chi connectivity index (χ4n) is 3.27. The third-order valence-electron chi connectivity index (χ3n) is 4.99. The van der Waals surface area contributed by atoms with E-state index in [1.54, 1.807) is 0 Å². The van der Waals surface area contributed by atoms with Crippen LogP contribution in [0.2, 0.25) is 0 Å². The van der Waals surface area contributed by atoms with Gasteiger partial charge < -0.3 is 10.1 Å². The van der Waals surface area contributed by atoms with Gasteiger partial charge in [-0.3, -0.25) is 4.99 Å². The molecule has 0 aliphatic carbocycles. The standard InChI is InChI=1S/C14H24N2OS/c1-3-14(4-2)8-15-13(18-9-14)16-11-7-10-5-6-12(11)17-10/h10-12H,3-9H2,1-2H3,(H,15,16). The summed E-state index contributed by atoms with van der Waals surface area (Å²) in [7, 11) is 0. The molecule has 3 rings (SSSR count). The lowest BCUT2D eigenvalue weighted by atomic mass is 9.84. The highest BCUT2D eigenvalue weighted by atomic mass is 32.2. The number of rotatable bonds is 3. The first-order valence-electron chi connectivity index (χ1n) is 7.34. The van der Waals surface area contributed by atoms with Crippen LogP contribution in [0.1, 0.15) is 46.0 Å². The molecule has 2 saturated heterocycles. The lowest BCUT2D eigenvalue weighted by molar-refractivity contribution is 0.0994. The first-order valence-corrected chi connectivity index (χ1v) is 8.32. The summed E-state index contributed by atoms with van der Waals surface area (Å²) < 4.78 is 5.88. The number of aliphatic imine (C=N–C) groups is 1. The van der Waals surface area contributed by atoms with E-state index in [0.717, 1.165) is 11.7 Å². The fraction of sp³-hybridized carbons (Fsp3) is 0.929. The van der Waals surface area contributed by atoms with E-state index in [-0.39, 0.29) is 0 Å². The highest BCUT2D eigenvalue weighted by molar-refractivity contribution is 8.13. The van der Waals surface area contributed by atoms with Crippen molar-refractivity contribution in [1.29, 1.82) is 0 Å². The van der Waals surface area contributed by atoms with E-state index in [2.05, 4.69) is 19.2 Å². The van der Waals surface area contributed by atoms with Gasteiger partial charge >= 0.3 is 0 Å². The molecule has 0 radical (unpaired) electrons. The molecule has 2 bridgehead atoms. The molecule has 3 unspecified atom stereocenters. The molecule has 0 aromatic heterocycles. The summed E-state index contributed by atoms with van der Waals surface area (Å²) in [4.78, 5) is 4.78. The zero-order valence-electron chi connectivity index (χ0n) is 11.4. The number of hydrogen-bond donors (Lipinski definition) is 1. The van der Waals surface area contributed by atoms with Crippen molar-refractivity contribution in [1.82, 2.24) is 5.32 Å². The molecule has 4 heteroatoms. The van der Waals surface area contributed by atoms with E-state index < -0.39 is 0 Å². The van der Waals surface area contributed by atoms with E-state index >= 15 is 0 Å². The SMILES string of the molecule is CCC1(CC)CN=C(NC2CC3CCC2O3)SC1. The van der Waals surface area contributed by atoms with Gasteiger partial charge in [0.1, 0.15) is 0 Å². The number of ether oxygens (including phenoxy) is 1. The first kappa shape index (κ1) is 12.8. The molecule has 3 aliphatic rings. The number of thioether (sulfide) groups is 1. The van der Waals surface area contributed by atoms with Crippen LogP contribution in [-0.2, 0) is 4.74 Å². The van der Waals surface area contributed by atoms with Gasteiger partial charge in [-0.1, -0.05) is 25.6 Å². The van der Waals surface area contributed by atoms with Crippen LogP contribution in [0, 0.1) is 5.41 Å². The monoisotopic (exact) mass is 268 g/mol. The van der Waals surface area contributed by atoms with Crippen molar-refractivity contribution >= 4 is 16.9 Å². The maximum Gasteiger partial charge on any atom is 0.156 e. The van der Waals surface area contributed by atoms with Gasteiger partial charge in [0.2, 0.25) is 0 Å². The second-order valence-corrected chi connectivity index (χ2v) is 6.94. The van der Waals surface area contributed by atoms with Crippen LogP contribution in [0.3, 0.4) is 0 Å². The molecule has 3 nitrogen and oxygen atoms in total. The first-order chi connectivity index (χ1) is 8.74. The summed E-state index contributed by atoms with van der Waals surface area (Å²) in [5.41, 5.74) is 0.445. The Kier molecular flexibility index (Phi) is 3.59. The number of nitrogens with zero attached hydrogens (tertiary/aromatic N) is 1. The van der Waals surface area contributed by atoms with Crippen LogP contribution in [0.25, 0.3) is 0 Å². The molecule has 1 N–H and O–H groups in total. The second-order valence-electron chi connectivity index (χ2n) is 5.98. The molecular weight excluding hydrogens is 244 g/mol. The Balaban J connectivity index is 1.57. The van der Waals surface area contributed by atoms with Crippen molar-refractivity contribution in [3.8, 4) is 0 Å². The van der Waals surface area contributed by atoms with E-state index in [1.165, 1.54) is 37.9 Å². The van der Waals surface area contributed by atoms with Gasteiger partial charge in [0.25, 0.3) is 0 Å². The molecule has 0 aromatic rings. The molecule has 0 aromatic carbocycles. The average molecular weight is 268 g/mol. The van der Waals surface area contributed by atoms with Crippen molar-refractivity contribution in [2.75, 3.05) is 12.3 Å². The average Bonchev–Trinajstić information content (AvgIpc) is 3.02. The minimum absolute atomic E-state index is 0.445. The molecule has 3 heterocycles. The van der Waals surface area contributed by atoms with Crippen LogP contribution >= 0.6 is 11.8 Å². The van der Waals surface area contributed by atoms with E-state index in [4.69, 9.17) is 9.73 Å². The Bertz CT molecular complexity index is 341. The van der Waals surface area contributed by atoms with Crippen molar-refractivity contribution < 1.29 is 4.74 Å². The van der Waals surface area contributed by atoms with Crippen LogP contribution in [0.15, 0.2) is 4.99 Å². The summed E-state index contributed by atoms with van der Waals surface area (Å²) in [5.74, 6) is 1.22. The smallest absolute Gasteiger partial charge is 0.156 e. The lowest BCUT2D eigenvalue weighted by Gasteiger charge is -2.34. The zero-order valence-corrected chi connectivity index (χ0v) is 12.3. The largest absolute Gasteiger partial charge is 0.373 e. The van der Waals surface area contributed by atoms with Gasteiger partial charge in [-0.05, 0) is 37.5 Å². The van der Waals surface area contributed by atoms with Crippen LogP contribution in [0.4, 0.5) is 0 Å². The predicted octanol–water partition coefficient (Wildman–Crippen LogP) is 2.81. The topological polar surface area (TPSA) is 33.6 Å². The molecule has 0 saturated carbocycles. The van der Waals surface area contributed by atoms with Crippen molar-refractivity contribution in [2.24, 2.45) is 10.4 Å². The minimum atomic E-state index is 0.445. The molecule has 0 amide bonds. The molecular formula is C14H24N2OS. The van der Waals surface area contributed by atoms with E-state index in [0.29, 0.717) is 23.7 Å². The summed E-state index contributed by atoms with van der Waals surface area (Å²) in [6.45, 7) is 5.58. The van der Waals surface area contributed by atoms with Crippen LogP contribution in [-0.4, -0.2) is 35.7 Å². The van der Waals surface area contributed by atoms with Gasteiger partial charge in [0.15, 0.2) is 5.17 Å². The molecule has 102 valence electrons. The summed E-state index contributed by atoms with van der Waals surface area (Å²) >= 11 is 1.92. The number of fused-ring (bicyclic) bond motifs is 2. The van der Waals surface area contributed by atoms with E-state index in [1.807, 2.05) is 11.8 Å². The number of hydrogen-bond acceptors (Lipinski definition) is 4. The molecule has 3 atom stereocenters. The third-order valence-corrected chi connectivity index (χ3v) is 6.27. The third kappa shape index (κ3) is 2.29. The number of amidine groups is 1. The van der Waals surface area contributed by atoms with Crippen molar-refractivity contribution in [3.63, 3.8) is 0 Å². The summed E-state index contributed by atoms with van der Waals surface area (Å²) in [6, 6.07) is 0.519. The molecule has 0 spiro atoms. The Morgan fingerprint density at radius 1 is 1.39 bits per heavy atom. The van der Waals surface area contributed by atoms with Gasteiger partial charge in [-0.25, -0.2) is 0 Å². The molecule has 2 fully saturated rings. The highest BCUT2D eigenvalue weighted by Gasteiger charge is 2.41. The highest BCUT2D eigenvalue weighted by Crippen LogP contribution is 2.37. The van der Waals surface area contributed by atoms with Crippen LogP contribution in [0.5, 0.6) is 0 Å². The quantitative estimate of drug-likeness (QED) is 0.854. The fourth-order valence-corrected chi connectivity index (χ4v) is 4.60. The Morgan fingerprint density at radius 3 is 2.72 bits per heavy atom. The second kappa shape index (κ2) is 5.04. The van der Waals surface area contributed by atoms with Crippen molar-refractivity contribution in [3.05, 3.63) is 0 Å². The van der Waals surface area contributed by atoms with Gasteiger partial charge in [0.05, 0.1) is 18.2 Å². The molecule has 18 heavy (non-hydrogen) atoms. The van der Waals surface area contributed by atoms with E-state index in [9.17, 15) is 0 Å². The number of nitrogens with one attached hydrogen (secondary N) is 1. The van der Waals surface area contributed by atoms with Gasteiger partial charge in [-0.2, -0.15) is 0 Å². The lowest BCUT2D eigenvalue weighted by Crippen LogP contribution is -2.43. The van der Waals surface area contributed by atoms with Crippen LogP contribution < -0.4 is 5.32 Å². The summed E-state index contributed by atoms with van der Waals surface area (Å²) in [6.07, 6.45) is 7.12. The predicted molar refractivity (Wildman–Crippen MR) is 77.2 cm³/mol. The van der Waals surface area contributed by atoms with Gasteiger partial charge in [-0.15, -0.1) is 0 Å². The summed E-state index contributed by atoms with van der Waals surface area (Å²) in [5, 5.41) is 4.78. The molecule has 3 aliphatic heterocycles. The normalized spacial score (nSPS) is 37.7.